The largest absolute Gasteiger partial charge is 0.505 e. The Balaban J connectivity index is 2.90. The number of carbonyl (C=O) groups excluding carboxylic acids is 1. The Labute approximate surface area is 107 Å². The van der Waals surface area contributed by atoms with E-state index in [-0.39, 0.29) is 38.1 Å². The molecule has 0 saturated heterocycles. The molecule has 7 heteroatoms. The van der Waals surface area contributed by atoms with Gasteiger partial charge in [0.2, 0.25) is 5.78 Å². The second-order valence-corrected chi connectivity index (χ2v) is 4.33. The lowest BCUT2D eigenvalue weighted by Gasteiger charge is -2.20. The number of aliphatic hydroxyl groups excluding tert-OH is 1. The molecule has 0 bridgehead atoms. The van der Waals surface area contributed by atoms with E-state index in [1.165, 1.54) is 6.07 Å². The van der Waals surface area contributed by atoms with E-state index in [1.54, 1.807) is 0 Å². The molecule has 1 aromatic rings. The minimum absolute atomic E-state index is 0.00574. The highest BCUT2D eigenvalue weighted by Gasteiger charge is 2.33. The summed E-state index contributed by atoms with van der Waals surface area (Å²) in [6, 6.07) is 1.39. The molecule has 88 valence electrons. The summed E-state index contributed by atoms with van der Waals surface area (Å²) in [4.78, 5) is 11.9. The highest BCUT2D eigenvalue weighted by Crippen LogP contribution is 2.37. The predicted molar refractivity (Wildman–Crippen MR) is 71.2 cm³/mol. The maximum atomic E-state index is 11.9. The third-order valence-corrected chi connectivity index (χ3v) is 3.25. The smallest absolute Gasteiger partial charge is 0.211 e. The molecule has 1 aliphatic carbocycles. The Morgan fingerprint density at radius 3 is 2.35 bits per heavy atom. The third-order valence-electron chi connectivity index (χ3n) is 2.51. The number of fused-ring (bicyclic) bond motifs is 1. The van der Waals surface area contributed by atoms with Crippen LogP contribution in [0.25, 0.3) is 0 Å². The number of allylic oxidation sites excluding steroid dienone is 2. The van der Waals surface area contributed by atoms with Crippen molar-refractivity contribution in [3.05, 3.63) is 28.0 Å². The van der Waals surface area contributed by atoms with Crippen LogP contribution in [0.15, 0.2) is 16.9 Å². The minimum Gasteiger partial charge on any atom is -0.505 e. The van der Waals surface area contributed by atoms with E-state index in [0.717, 1.165) is 0 Å². The average molecular weight is 270 g/mol. The monoisotopic (exact) mass is 269 g/mol. The molecular formula is C10H8ClN3O2S. The molecule has 5 nitrogen and oxygen atoms in total. The molecular weight excluding hydrogens is 262 g/mol. The fourth-order valence-electron chi connectivity index (χ4n) is 1.66. The van der Waals surface area contributed by atoms with Gasteiger partial charge in [0.05, 0.1) is 21.8 Å². The summed E-state index contributed by atoms with van der Waals surface area (Å²) in [5, 5.41) is 9.23. The summed E-state index contributed by atoms with van der Waals surface area (Å²) in [7, 11) is 0. The van der Waals surface area contributed by atoms with Crippen LogP contribution in [0.2, 0.25) is 0 Å². The van der Waals surface area contributed by atoms with Gasteiger partial charge in [0, 0.05) is 11.3 Å². The number of benzene rings is 1. The lowest BCUT2D eigenvalue weighted by atomic mass is 9.90. The van der Waals surface area contributed by atoms with E-state index < -0.39 is 11.5 Å². The Hall–Kier alpha value is -1.79. The first-order valence-corrected chi connectivity index (χ1v) is 5.30. The number of anilines is 3. The zero-order valence-corrected chi connectivity index (χ0v) is 10.0. The molecule has 0 radical (unpaired) electrons. The van der Waals surface area contributed by atoms with Crippen molar-refractivity contribution in [1.82, 2.24) is 0 Å². The lowest BCUT2D eigenvalue weighted by Crippen LogP contribution is -2.23. The SMILES string of the molecule is Nc1cc(N)c2c(c1N)C(=O)C(Cl)=C(O)C2=S. The number of ketones is 1. The molecule has 0 aromatic heterocycles. The van der Waals surface area contributed by atoms with Gasteiger partial charge >= 0.3 is 0 Å². The molecule has 2 rings (SSSR count). The van der Waals surface area contributed by atoms with Crippen molar-refractivity contribution in [2.24, 2.45) is 0 Å². The standard InChI is InChI=1S/C10H8ClN3O2S/c11-6-8(15)5-4(10(17)9(6)16)2(12)1-3(13)7(5)14/h1,16H,12-14H2. The van der Waals surface area contributed by atoms with E-state index >= 15 is 0 Å². The number of halogens is 1. The van der Waals surface area contributed by atoms with Crippen LogP contribution >= 0.6 is 23.8 Å². The maximum absolute atomic E-state index is 11.9. The minimum atomic E-state index is -0.635. The van der Waals surface area contributed by atoms with Crippen molar-refractivity contribution in [1.29, 1.82) is 0 Å². The Morgan fingerprint density at radius 1 is 1.18 bits per heavy atom. The number of rotatable bonds is 0. The van der Waals surface area contributed by atoms with Crippen LogP contribution < -0.4 is 17.2 Å². The van der Waals surface area contributed by atoms with Crippen LogP contribution in [0.1, 0.15) is 15.9 Å². The van der Waals surface area contributed by atoms with Crippen molar-refractivity contribution in [3.63, 3.8) is 0 Å². The van der Waals surface area contributed by atoms with Gasteiger partial charge in [-0.15, -0.1) is 0 Å². The summed E-state index contributed by atoms with van der Waals surface area (Å²) < 4.78 is 0. The van der Waals surface area contributed by atoms with Gasteiger partial charge in [0.15, 0.2) is 5.76 Å². The first-order chi connectivity index (χ1) is 7.86. The fourth-order valence-corrected chi connectivity index (χ4v) is 2.22. The topological polar surface area (TPSA) is 115 Å². The Kier molecular flexibility index (Phi) is 2.48. The molecule has 0 spiro atoms. The molecule has 0 heterocycles. The normalized spacial score (nSPS) is 15.1. The van der Waals surface area contributed by atoms with E-state index in [0.29, 0.717) is 0 Å². The second kappa shape index (κ2) is 3.61. The Bertz CT molecular complexity index is 610. The molecule has 0 aliphatic heterocycles. The molecule has 0 saturated carbocycles. The van der Waals surface area contributed by atoms with Crippen LogP contribution in [0.5, 0.6) is 0 Å². The fraction of sp³-hybridized carbons (Fsp3) is 0. The number of Topliss-reactive ketones (excluding diaryl/α,β-unsaturated/α-hetero) is 1. The zero-order chi connectivity index (χ0) is 12.9. The number of hydrogen-bond donors (Lipinski definition) is 4. The second-order valence-electron chi connectivity index (χ2n) is 3.54. The molecule has 1 aliphatic rings. The van der Waals surface area contributed by atoms with Gasteiger partial charge in [-0.1, -0.05) is 23.8 Å². The number of nitrogens with two attached hydrogens (primary N) is 3. The molecule has 0 fully saturated rings. The van der Waals surface area contributed by atoms with Gasteiger partial charge in [-0.25, -0.2) is 0 Å². The lowest BCUT2D eigenvalue weighted by molar-refractivity contribution is 0.103. The quantitative estimate of drug-likeness (QED) is 0.417. The maximum Gasteiger partial charge on any atom is 0.211 e. The summed E-state index contributed by atoms with van der Waals surface area (Å²) in [6.07, 6.45) is 0. The summed E-state index contributed by atoms with van der Waals surface area (Å²) in [6.45, 7) is 0. The van der Waals surface area contributed by atoms with Crippen LogP contribution in [-0.4, -0.2) is 15.8 Å². The number of aliphatic hydroxyl groups is 1. The number of nitrogen functional groups attached to an aromatic ring is 3. The average Bonchev–Trinajstić information content (AvgIpc) is 2.28. The number of thiocarbonyl (C=S) groups is 1. The summed E-state index contributed by atoms with van der Waals surface area (Å²) in [5.41, 5.74) is 17.7. The van der Waals surface area contributed by atoms with Gasteiger partial charge in [0.25, 0.3) is 0 Å². The van der Waals surface area contributed by atoms with Gasteiger partial charge in [-0.2, -0.15) is 0 Å². The predicted octanol–water partition coefficient (Wildman–Crippen LogP) is 1.36. The molecule has 1 aromatic carbocycles. The van der Waals surface area contributed by atoms with Crippen molar-refractivity contribution >= 4 is 51.5 Å². The summed E-state index contributed by atoms with van der Waals surface area (Å²) in [5.74, 6) is -1.10. The molecule has 7 N–H and O–H groups in total. The molecule has 0 atom stereocenters. The Morgan fingerprint density at radius 2 is 1.76 bits per heavy atom. The van der Waals surface area contributed by atoms with Crippen LogP contribution in [-0.2, 0) is 0 Å². The first kappa shape index (κ1) is 11.7. The molecule has 17 heavy (non-hydrogen) atoms. The van der Waals surface area contributed by atoms with Gasteiger partial charge < -0.3 is 22.3 Å². The highest BCUT2D eigenvalue weighted by molar-refractivity contribution is 7.81. The molecule has 0 amide bonds. The van der Waals surface area contributed by atoms with E-state index in [9.17, 15) is 9.90 Å². The van der Waals surface area contributed by atoms with Crippen LogP contribution in [0.4, 0.5) is 17.1 Å². The van der Waals surface area contributed by atoms with Crippen LogP contribution in [0.3, 0.4) is 0 Å². The van der Waals surface area contributed by atoms with Crippen LogP contribution in [0, 0.1) is 0 Å². The number of hydrogen-bond acceptors (Lipinski definition) is 6. The van der Waals surface area contributed by atoms with Gasteiger partial charge in [0.1, 0.15) is 5.03 Å². The van der Waals surface area contributed by atoms with E-state index in [2.05, 4.69) is 0 Å². The van der Waals surface area contributed by atoms with E-state index in [1.807, 2.05) is 0 Å². The third kappa shape index (κ3) is 1.45. The van der Waals surface area contributed by atoms with E-state index in [4.69, 9.17) is 41.0 Å². The van der Waals surface area contributed by atoms with Gasteiger partial charge in [-0.3, -0.25) is 4.79 Å². The van der Waals surface area contributed by atoms with Crippen molar-refractivity contribution in [2.45, 2.75) is 0 Å². The summed E-state index contributed by atoms with van der Waals surface area (Å²) >= 11 is 10.7. The zero-order valence-electron chi connectivity index (χ0n) is 8.45. The molecule has 0 unspecified atom stereocenters. The highest BCUT2D eigenvalue weighted by atomic mass is 35.5. The first-order valence-electron chi connectivity index (χ1n) is 4.51. The number of carbonyl (C=O) groups is 1. The van der Waals surface area contributed by atoms with Crippen molar-refractivity contribution in [2.75, 3.05) is 17.2 Å². The van der Waals surface area contributed by atoms with Crippen molar-refractivity contribution < 1.29 is 9.90 Å². The van der Waals surface area contributed by atoms with Gasteiger partial charge in [-0.05, 0) is 6.07 Å². The van der Waals surface area contributed by atoms with Crippen molar-refractivity contribution in [3.8, 4) is 0 Å².